The summed E-state index contributed by atoms with van der Waals surface area (Å²) in [6, 6.07) is 10.9. The molecule has 2 heterocycles. The second-order valence-electron chi connectivity index (χ2n) is 5.68. The van der Waals surface area contributed by atoms with Crippen molar-refractivity contribution in [2.45, 2.75) is 26.7 Å². The molecule has 6 heteroatoms. The van der Waals surface area contributed by atoms with Crippen molar-refractivity contribution in [3.05, 3.63) is 59.5 Å². The highest BCUT2D eigenvalue weighted by Crippen LogP contribution is 2.26. The van der Waals surface area contributed by atoms with Crippen LogP contribution in [0.3, 0.4) is 0 Å². The molecule has 25 heavy (non-hydrogen) atoms. The summed E-state index contributed by atoms with van der Waals surface area (Å²) < 4.78 is 5.40. The highest BCUT2D eigenvalue weighted by atomic mass is 16.4. The van der Waals surface area contributed by atoms with Crippen LogP contribution in [-0.4, -0.2) is 21.0 Å². The molecule has 1 aromatic carbocycles. The number of hydrogen-bond donors (Lipinski definition) is 2. The quantitative estimate of drug-likeness (QED) is 0.707. The Morgan fingerprint density at radius 2 is 1.96 bits per heavy atom. The van der Waals surface area contributed by atoms with E-state index in [0.29, 0.717) is 11.6 Å². The monoisotopic (exact) mass is 337 g/mol. The fraction of sp³-hybridized carbons (Fsp3) is 0.211. The van der Waals surface area contributed by atoms with Crippen molar-refractivity contribution in [2.75, 3.05) is 5.32 Å². The number of furan rings is 1. The minimum absolute atomic E-state index is 0.00967. The lowest BCUT2D eigenvalue weighted by Crippen LogP contribution is -2.05. The molecule has 0 bridgehead atoms. The lowest BCUT2D eigenvalue weighted by atomic mass is 10.1. The van der Waals surface area contributed by atoms with Gasteiger partial charge in [0.05, 0.1) is 12.7 Å². The Morgan fingerprint density at radius 3 is 2.56 bits per heavy atom. The summed E-state index contributed by atoms with van der Waals surface area (Å²) in [5.74, 6) is 1.03. The second kappa shape index (κ2) is 7.17. The van der Waals surface area contributed by atoms with Crippen molar-refractivity contribution in [1.82, 2.24) is 9.97 Å². The van der Waals surface area contributed by atoms with E-state index >= 15 is 0 Å². The first-order valence-electron chi connectivity index (χ1n) is 8.06. The number of carbonyl (C=O) groups is 1. The summed E-state index contributed by atoms with van der Waals surface area (Å²) >= 11 is 0. The zero-order chi connectivity index (χ0) is 17.8. The summed E-state index contributed by atoms with van der Waals surface area (Å²) in [6.07, 6.45) is 2.40. The van der Waals surface area contributed by atoms with E-state index < -0.39 is 5.97 Å². The number of benzene rings is 1. The van der Waals surface area contributed by atoms with Crippen LogP contribution in [0.1, 0.15) is 23.7 Å². The number of rotatable bonds is 6. The van der Waals surface area contributed by atoms with Gasteiger partial charge in [0, 0.05) is 16.9 Å². The topological polar surface area (TPSA) is 88.3 Å². The lowest BCUT2D eigenvalue weighted by molar-refractivity contribution is -0.136. The molecule has 0 saturated heterocycles. The lowest BCUT2D eigenvalue weighted by Gasteiger charge is -2.13. The first-order valence-corrected chi connectivity index (χ1v) is 8.06. The Hall–Kier alpha value is -3.15. The molecule has 2 N–H and O–H groups in total. The van der Waals surface area contributed by atoms with Crippen LogP contribution in [0.15, 0.2) is 47.1 Å². The highest BCUT2D eigenvalue weighted by molar-refractivity contribution is 5.71. The van der Waals surface area contributed by atoms with Crippen LogP contribution in [0, 0.1) is 6.92 Å². The van der Waals surface area contributed by atoms with E-state index in [4.69, 9.17) is 9.52 Å². The molecular weight excluding hydrogens is 318 g/mol. The van der Waals surface area contributed by atoms with E-state index in [1.54, 1.807) is 24.5 Å². The van der Waals surface area contributed by atoms with Gasteiger partial charge < -0.3 is 14.8 Å². The number of nitrogens with one attached hydrogen (secondary N) is 1. The minimum Gasteiger partial charge on any atom is -0.481 e. The van der Waals surface area contributed by atoms with Gasteiger partial charge in [-0.15, -0.1) is 0 Å². The fourth-order valence-electron chi connectivity index (χ4n) is 2.66. The number of anilines is 2. The van der Waals surface area contributed by atoms with E-state index in [1.807, 2.05) is 25.1 Å². The molecule has 2 aromatic heterocycles. The van der Waals surface area contributed by atoms with Gasteiger partial charge in [-0.25, -0.2) is 9.97 Å². The molecule has 0 radical (unpaired) electrons. The standard InChI is InChI=1S/C19H19N3O3/c1-3-15-12(2)20-19(16-5-4-10-25-16)22-18(15)21-14-8-6-13(7-9-14)11-17(23)24/h4-10H,3,11H2,1-2H3,(H,23,24)(H,20,21,22). The zero-order valence-corrected chi connectivity index (χ0v) is 14.1. The van der Waals surface area contributed by atoms with Gasteiger partial charge in [-0.05, 0) is 43.2 Å². The molecule has 0 atom stereocenters. The molecule has 0 amide bonds. The first kappa shape index (κ1) is 16.7. The average molecular weight is 337 g/mol. The summed E-state index contributed by atoms with van der Waals surface area (Å²) in [4.78, 5) is 19.9. The second-order valence-corrected chi connectivity index (χ2v) is 5.68. The molecule has 0 aliphatic heterocycles. The van der Waals surface area contributed by atoms with Crippen LogP contribution in [0.4, 0.5) is 11.5 Å². The van der Waals surface area contributed by atoms with E-state index in [-0.39, 0.29) is 6.42 Å². The fourth-order valence-corrected chi connectivity index (χ4v) is 2.66. The third-order valence-corrected chi connectivity index (χ3v) is 3.88. The maximum Gasteiger partial charge on any atom is 0.307 e. The normalized spacial score (nSPS) is 10.6. The zero-order valence-electron chi connectivity index (χ0n) is 14.1. The van der Waals surface area contributed by atoms with Gasteiger partial charge in [0.15, 0.2) is 11.6 Å². The molecule has 0 spiro atoms. The summed E-state index contributed by atoms with van der Waals surface area (Å²) in [5.41, 5.74) is 3.52. The van der Waals surface area contributed by atoms with E-state index in [9.17, 15) is 4.79 Å². The Morgan fingerprint density at radius 1 is 1.20 bits per heavy atom. The molecule has 0 saturated carbocycles. The van der Waals surface area contributed by atoms with E-state index in [2.05, 4.69) is 22.2 Å². The molecule has 128 valence electrons. The van der Waals surface area contributed by atoms with Crippen LogP contribution < -0.4 is 5.32 Å². The van der Waals surface area contributed by atoms with Crippen molar-refractivity contribution in [1.29, 1.82) is 0 Å². The van der Waals surface area contributed by atoms with Gasteiger partial charge in [-0.2, -0.15) is 0 Å². The Labute approximate surface area is 145 Å². The molecule has 0 fully saturated rings. The van der Waals surface area contributed by atoms with Crippen molar-refractivity contribution < 1.29 is 14.3 Å². The van der Waals surface area contributed by atoms with Gasteiger partial charge in [-0.3, -0.25) is 4.79 Å². The van der Waals surface area contributed by atoms with E-state index in [0.717, 1.165) is 34.7 Å². The SMILES string of the molecule is CCc1c(C)nc(-c2ccco2)nc1Nc1ccc(CC(=O)O)cc1. The third kappa shape index (κ3) is 3.85. The predicted octanol–water partition coefficient (Wildman–Crippen LogP) is 3.98. The Kier molecular flexibility index (Phi) is 4.79. The number of aromatic nitrogens is 2. The number of carboxylic acids is 1. The van der Waals surface area contributed by atoms with Crippen molar-refractivity contribution in [3.63, 3.8) is 0 Å². The van der Waals surface area contributed by atoms with Crippen molar-refractivity contribution in [3.8, 4) is 11.6 Å². The van der Waals surface area contributed by atoms with Gasteiger partial charge in [0.2, 0.25) is 0 Å². The summed E-state index contributed by atoms with van der Waals surface area (Å²) in [7, 11) is 0. The molecule has 0 unspecified atom stereocenters. The van der Waals surface area contributed by atoms with Crippen LogP contribution in [0.5, 0.6) is 0 Å². The smallest absolute Gasteiger partial charge is 0.307 e. The summed E-state index contributed by atoms with van der Waals surface area (Å²) in [6.45, 7) is 4.01. The largest absolute Gasteiger partial charge is 0.481 e. The molecule has 6 nitrogen and oxygen atoms in total. The number of nitrogens with zero attached hydrogens (tertiary/aromatic N) is 2. The van der Waals surface area contributed by atoms with Crippen LogP contribution in [-0.2, 0) is 17.6 Å². The van der Waals surface area contributed by atoms with Gasteiger partial charge in [0.25, 0.3) is 0 Å². The molecule has 3 rings (SSSR count). The molecular formula is C19H19N3O3. The number of aliphatic carboxylic acids is 1. The Balaban J connectivity index is 1.91. The molecule has 0 aliphatic carbocycles. The van der Waals surface area contributed by atoms with E-state index in [1.165, 1.54) is 0 Å². The predicted molar refractivity (Wildman–Crippen MR) is 94.9 cm³/mol. The maximum absolute atomic E-state index is 10.8. The van der Waals surface area contributed by atoms with Crippen LogP contribution >= 0.6 is 0 Å². The first-order chi connectivity index (χ1) is 12.1. The van der Waals surface area contributed by atoms with Gasteiger partial charge in [0.1, 0.15) is 5.82 Å². The Bertz CT molecular complexity index is 872. The highest BCUT2D eigenvalue weighted by Gasteiger charge is 2.13. The van der Waals surface area contributed by atoms with Gasteiger partial charge in [-0.1, -0.05) is 19.1 Å². The van der Waals surface area contributed by atoms with Crippen molar-refractivity contribution in [2.24, 2.45) is 0 Å². The molecule has 0 aliphatic rings. The van der Waals surface area contributed by atoms with Crippen LogP contribution in [0.2, 0.25) is 0 Å². The summed E-state index contributed by atoms with van der Waals surface area (Å²) in [5, 5.41) is 12.2. The third-order valence-electron chi connectivity index (χ3n) is 3.88. The van der Waals surface area contributed by atoms with Gasteiger partial charge >= 0.3 is 5.97 Å². The maximum atomic E-state index is 10.8. The minimum atomic E-state index is -0.844. The number of aryl methyl sites for hydroxylation is 1. The average Bonchev–Trinajstić information content (AvgIpc) is 3.10. The van der Waals surface area contributed by atoms with Crippen molar-refractivity contribution >= 4 is 17.5 Å². The number of carboxylic acid groups (broad SMARTS) is 1. The van der Waals surface area contributed by atoms with Crippen LogP contribution in [0.25, 0.3) is 11.6 Å². The molecule has 3 aromatic rings. The number of hydrogen-bond acceptors (Lipinski definition) is 5.